The van der Waals surface area contributed by atoms with Gasteiger partial charge >= 0.3 is 0 Å². The molecule has 6 heteroatoms. The first-order valence-electron chi connectivity index (χ1n) is 11.8. The Kier molecular flexibility index (Phi) is 6.64. The number of hydrogen-bond donors (Lipinski definition) is 1. The van der Waals surface area contributed by atoms with Crippen molar-refractivity contribution in [2.75, 3.05) is 13.2 Å². The smallest absolute Gasteiger partial charge is 0.295 e. The number of carbonyl (C=O) groups is 2. The zero-order valence-electron chi connectivity index (χ0n) is 19.3. The molecular formula is C29H27NO5. The maximum absolute atomic E-state index is 13.1. The van der Waals surface area contributed by atoms with Crippen molar-refractivity contribution in [2.45, 2.75) is 31.6 Å². The summed E-state index contributed by atoms with van der Waals surface area (Å²) in [5, 5.41) is 11.1. The highest BCUT2D eigenvalue weighted by atomic mass is 16.5. The van der Waals surface area contributed by atoms with E-state index in [4.69, 9.17) is 9.47 Å². The molecule has 1 N–H and O–H groups in total. The van der Waals surface area contributed by atoms with E-state index < -0.39 is 17.7 Å². The summed E-state index contributed by atoms with van der Waals surface area (Å²) in [6.45, 7) is 1.38. The second-order valence-electron chi connectivity index (χ2n) is 8.80. The monoisotopic (exact) mass is 469 g/mol. The molecule has 5 rings (SSSR count). The molecule has 2 heterocycles. The van der Waals surface area contributed by atoms with Crippen molar-refractivity contribution < 1.29 is 24.2 Å². The van der Waals surface area contributed by atoms with E-state index in [1.807, 2.05) is 60.7 Å². The fourth-order valence-electron chi connectivity index (χ4n) is 4.66. The second kappa shape index (κ2) is 10.2. The van der Waals surface area contributed by atoms with Crippen LogP contribution in [0.15, 0.2) is 90.5 Å². The van der Waals surface area contributed by atoms with E-state index in [0.717, 1.165) is 24.0 Å². The first kappa shape index (κ1) is 22.9. The summed E-state index contributed by atoms with van der Waals surface area (Å²) in [6, 6.07) is 25.4. The van der Waals surface area contributed by atoms with Gasteiger partial charge in [-0.2, -0.15) is 0 Å². The van der Waals surface area contributed by atoms with Crippen LogP contribution in [0.2, 0.25) is 0 Å². The lowest BCUT2D eigenvalue weighted by molar-refractivity contribution is -0.140. The molecule has 1 amide bonds. The summed E-state index contributed by atoms with van der Waals surface area (Å²) >= 11 is 0. The number of Topliss-reactive ketones (excluding diaryl/α,β-unsaturated/α-hetero) is 1. The van der Waals surface area contributed by atoms with Crippen LogP contribution in [0.1, 0.15) is 35.6 Å². The summed E-state index contributed by atoms with van der Waals surface area (Å²) in [5.74, 6) is -0.795. The van der Waals surface area contributed by atoms with Crippen molar-refractivity contribution in [3.63, 3.8) is 0 Å². The number of rotatable bonds is 7. The second-order valence-corrected chi connectivity index (χ2v) is 8.80. The molecule has 0 bridgehead atoms. The van der Waals surface area contributed by atoms with Crippen LogP contribution in [-0.2, 0) is 20.9 Å². The van der Waals surface area contributed by atoms with Crippen LogP contribution in [-0.4, -0.2) is 41.0 Å². The van der Waals surface area contributed by atoms with Gasteiger partial charge in [0.15, 0.2) is 0 Å². The highest BCUT2D eigenvalue weighted by molar-refractivity contribution is 6.46. The Morgan fingerprint density at radius 1 is 0.943 bits per heavy atom. The Labute approximate surface area is 204 Å². The summed E-state index contributed by atoms with van der Waals surface area (Å²) < 4.78 is 11.7. The summed E-state index contributed by atoms with van der Waals surface area (Å²) in [4.78, 5) is 27.8. The number of aliphatic hydroxyl groups excluding tert-OH is 1. The molecule has 2 aliphatic heterocycles. The van der Waals surface area contributed by atoms with E-state index in [0.29, 0.717) is 31.1 Å². The predicted molar refractivity (Wildman–Crippen MR) is 132 cm³/mol. The predicted octanol–water partition coefficient (Wildman–Crippen LogP) is 4.87. The Morgan fingerprint density at radius 2 is 1.63 bits per heavy atom. The maximum atomic E-state index is 13.1. The van der Waals surface area contributed by atoms with Crippen molar-refractivity contribution in [3.05, 3.63) is 107 Å². The van der Waals surface area contributed by atoms with E-state index in [1.54, 1.807) is 24.3 Å². The number of ketones is 1. The zero-order valence-corrected chi connectivity index (χ0v) is 19.3. The molecular weight excluding hydrogens is 442 g/mol. The quantitative estimate of drug-likeness (QED) is 0.304. The van der Waals surface area contributed by atoms with Gasteiger partial charge in [0, 0.05) is 18.7 Å². The Hall–Kier alpha value is -3.90. The largest absolute Gasteiger partial charge is 0.507 e. The third-order valence-corrected chi connectivity index (χ3v) is 6.46. The van der Waals surface area contributed by atoms with Crippen LogP contribution < -0.4 is 4.74 Å². The van der Waals surface area contributed by atoms with E-state index >= 15 is 0 Å². The van der Waals surface area contributed by atoms with E-state index in [1.165, 1.54) is 4.90 Å². The molecule has 35 heavy (non-hydrogen) atoms. The van der Waals surface area contributed by atoms with Gasteiger partial charge in [0.05, 0.1) is 17.7 Å². The Morgan fingerprint density at radius 3 is 2.29 bits per heavy atom. The fourth-order valence-corrected chi connectivity index (χ4v) is 4.66. The Balaban J connectivity index is 1.47. The number of benzene rings is 3. The van der Waals surface area contributed by atoms with Gasteiger partial charge in [-0.05, 0) is 36.1 Å². The highest BCUT2D eigenvalue weighted by Gasteiger charge is 2.47. The van der Waals surface area contributed by atoms with Crippen molar-refractivity contribution in [3.8, 4) is 5.75 Å². The van der Waals surface area contributed by atoms with Gasteiger partial charge in [0.1, 0.15) is 18.1 Å². The fraction of sp³-hybridized carbons (Fsp3) is 0.241. The molecule has 0 aromatic heterocycles. The lowest BCUT2D eigenvalue weighted by Crippen LogP contribution is -2.36. The highest BCUT2D eigenvalue weighted by Crippen LogP contribution is 2.40. The van der Waals surface area contributed by atoms with Gasteiger partial charge in [0.25, 0.3) is 11.7 Å². The molecule has 178 valence electrons. The summed E-state index contributed by atoms with van der Waals surface area (Å²) in [6.07, 6.45) is 1.64. The van der Waals surface area contributed by atoms with Crippen LogP contribution in [0.25, 0.3) is 5.76 Å². The standard InChI is InChI=1S/C29H27NO5/c31-27(22-10-5-2-6-11-22)25-26(30(29(33)28(25)32)18-24-12-7-17-34-24)21-13-15-23(16-14-21)35-19-20-8-3-1-4-9-20/h1-6,8-11,13-16,24,26,31H,7,12,17-19H2/b27-25-. The molecule has 2 saturated heterocycles. The number of ether oxygens (including phenoxy) is 2. The summed E-state index contributed by atoms with van der Waals surface area (Å²) in [5.41, 5.74) is 2.38. The average Bonchev–Trinajstić information content (AvgIpc) is 3.51. The average molecular weight is 470 g/mol. The molecule has 2 unspecified atom stereocenters. The van der Waals surface area contributed by atoms with Crippen molar-refractivity contribution in [1.29, 1.82) is 0 Å². The molecule has 2 atom stereocenters. The van der Waals surface area contributed by atoms with E-state index in [-0.39, 0.29) is 17.4 Å². The number of aliphatic hydroxyl groups is 1. The summed E-state index contributed by atoms with van der Waals surface area (Å²) in [7, 11) is 0. The van der Waals surface area contributed by atoms with E-state index in [9.17, 15) is 14.7 Å². The van der Waals surface area contributed by atoms with Crippen molar-refractivity contribution in [2.24, 2.45) is 0 Å². The minimum atomic E-state index is -0.706. The molecule has 2 fully saturated rings. The SMILES string of the molecule is O=C1C(=O)N(CC2CCCO2)C(c2ccc(OCc3ccccc3)cc2)/C1=C(/O)c1ccccc1. The van der Waals surface area contributed by atoms with Gasteiger partial charge in [-0.1, -0.05) is 72.8 Å². The maximum Gasteiger partial charge on any atom is 0.295 e. The number of hydrogen-bond acceptors (Lipinski definition) is 5. The topological polar surface area (TPSA) is 76.1 Å². The number of carbonyl (C=O) groups excluding carboxylic acids is 2. The lowest BCUT2D eigenvalue weighted by Gasteiger charge is -2.27. The lowest BCUT2D eigenvalue weighted by atomic mass is 9.95. The van der Waals surface area contributed by atoms with E-state index in [2.05, 4.69) is 0 Å². The van der Waals surface area contributed by atoms with Crippen LogP contribution in [0.3, 0.4) is 0 Å². The van der Waals surface area contributed by atoms with Crippen LogP contribution in [0, 0.1) is 0 Å². The van der Waals surface area contributed by atoms with Crippen molar-refractivity contribution in [1.82, 2.24) is 4.90 Å². The van der Waals surface area contributed by atoms with Gasteiger partial charge < -0.3 is 19.5 Å². The molecule has 0 aliphatic carbocycles. The third kappa shape index (κ3) is 4.84. The van der Waals surface area contributed by atoms with Crippen LogP contribution >= 0.6 is 0 Å². The molecule has 2 aliphatic rings. The molecule has 3 aromatic carbocycles. The molecule has 0 radical (unpaired) electrons. The van der Waals surface area contributed by atoms with Crippen LogP contribution in [0.4, 0.5) is 0 Å². The van der Waals surface area contributed by atoms with Gasteiger partial charge in [-0.3, -0.25) is 9.59 Å². The first-order chi connectivity index (χ1) is 17.1. The molecule has 6 nitrogen and oxygen atoms in total. The van der Waals surface area contributed by atoms with Crippen LogP contribution in [0.5, 0.6) is 5.75 Å². The normalized spacial score (nSPS) is 21.4. The minimum Gasteiger partial charge on any atom is -0.507 e. The van der Waals surface area contributed by atoms with Gasteiger partial charge in [0.2, 0.25) is 0 Å². The molecule has 3 aromatic rings. The number of likely N-dealkylation sites (tertiary alicyclic amines) is 1. The number of nitrogens with zero attached hydrogens (tertiary/aromatic N) is 1. The minimum absolute atomic E-state index is 0.0946. The van der Waals surface area contributed by atoms with Gasteiger partial charge in [-0.25, -0.2) is 0 Å². The third-order valence-electron chi connectivity index (χ3n) is 6.46. The number of amides is 1. The zero-order chi connectivity index (χ0) is 24.2. The molecule has 0 saturated carbocycles. The Bertz CT molecular complexity index is 1210. The molecule has 0 spiro atoms. The van der Waals surface area contributed by atoms with Crippen molar-refractivity contribution >= 4 is 17.4 Å². The van der Waals surface area contributed by atoms with Gasteiger partial charge in [-0.15, -0.1) is 0 Å². The first-order valence-corrected chi connectivity index (χ1v) is 11.8.